The number of halogens is 4. The first kappa shape index (κ1) is 17.7. The van der Waals surface area contributed by atoms with Crippen molar-refractivity contribution in [1.82, 2.24) is 9.55 Å². The molecule has 4 aromatic rings. The Labute approximate surface area is 158 Å². The summed E-state index contributed by atoms with van der Waals surface area (Å²) in [4.78, 5) is 4.29. The minimum atomic E-state index is -4.46. The zero-order chi connectivity index (χ0) is 19.2. The van der Waals surface area contributed by atoms with Gasteiger partial charge in [0.25, 0.3) is 0 Å². The summed E-state index contributed by atoms with van der Waals surface area (Å²) in [6.45, 7) is 0.492. The summed E-state index contributed by atoms with van der Waals surface area (Å²) in [6, 6.07) is 16.1. The van der Waals surface area contributed by atoms with E-state index in [1.54, 1.807) is 11.6 Å². The molecule has 3 aromatic carbocycles. The van der Waals surface area contributed by atoms with Crippen molar-refractivity contribution >= 4 is 39.4 Å². The van der Waals surface area contributed by atoms with E-state index in [4.69, 9.17) is 11.6 Å². The lowest BCUT2D eigenvalue weighted by Crippen LogP contribution is -2.05. The van der Waals surface area contributed by atoms with Crippen molar-refractivity contribution in [2.45, 2.75) is 12.7 Å². The Balaban J connectivity index is 1.65. The molecule has 1 heterocycles. The van der Waals surface area contributed by atoms with Crippen LogP contribution in [0, 0.1) is 0 Å². The highest BCUT2D eigenvalue weighted by atomic mass is 35.5. The molecule has 138 valence electrons. The summed E-state index contributed by atoms with van der Waals surface area (Å²) in [5.41, 5.74) is 0.908. The molecule has 0 bridgehead atoms. The van der Waals surface area contributed by atoms with Crippen LogP contribution in [0.25, 0.3) is 21.8 Å². The van der Waals surface area contributed by atoms with E-state index in [-0.39, 0.29) is 10.5 Å². The first-order valence-electron chi connectivity index (χ1n) is 8.27. The van der Waals surface area contributed by atoms with Gasteiger partial charge in [-0.1, -0.05) is 48.0 Å². The van der Waals surface area contributed by atoms with Gasteiger partial charge in [0, 0.05) is 13.6 Å². The van der Waals surface area contributed by atoms with E-state index in [1.807, 2.05) is 36.4 Å². The lowest BCUT2D eigenvalue weighted by atomic mass is 10.1. The molecule has 3 nitrogen and oxygen atoms in total. The number of alkyl halides is 3. The fraction of sp³-hybridized carbons (Fsp3) is 0.150. The fourth-order valence-corrected chi connectivity index (χ4v) is 3.49. The SMILES string of the molecule is Cn1c(NCc2ccc3ccccc3c2)nc2cc(C(F)(F)F)cc(Cl)c21. The molecule has 0 aliphatic rings. The Kier molecular flexibility index (Phi) is 4.23. The van der Waals surface area contributed by atoms with E-state index in [1.165, 1.54) is 0 Å². The van der Waals surface area contributed by atoms with Crippen molar-refractivity contribution in [2.24, 2.45) is 7.05 Å². The number of nitrogens with zero attached hydrogens (tertiary/aromatic N) is 2. The molecule has 0 aliphatic heterocycles. The molecular formula is C20H15ClF3N3. The highest BCUT2D eigenvalue weighted by molar-refractivity contribution is 6.35. The minimum absolute atomic E-state index is 0.0218. The van der Waals surface area contributed by atoms with Crippen LogP contribution in [0.3, 0.4) is 0 Å². The first-order chi connectivity index (χ1) is 12.8. The highest BCUT2D eigenvalue weighted by Gasteiger charge is 2.32. The predicted molar refractivity (Wildman–Crippen MR) is 102 cm³/mol. The zero-order valence-corrected chi connectivity index (χ0v) is 15.1. The number of aryl methyl sites for hydroxylation is 1. The summed E-state index contributed by atoms with van der Waals surface area (Å²) in [5, 5.41) is 5.48. The summed E-state index contributed by atoms with van der Waals surface area (Å²) in [6.07, 6.45) is -4.46. The predicted octanol–water partition coefficient (Wildman–Crippen LogP) is 6.01. The average molecular weight is 390 g/mol. The molecule has 0 unspecified atom stereocenters. The average Bonchev–Trinajstić information content (AvgIpc) is 2.95. The molecule has 0 spiro atoms. The third-order valence-corrected chi connectivity index (χ3v) is 4.80. The Bertz CT molecular complexity index is 1150. The molecule has 1 aromatic heterocycles. The second kappa shape index (κ2) is 6.46. The molecule has 0 aliphatic carbocycles. The normalized spacial score (nSPS) is 12.0. The van der Waals surface area contributed by atoms with Gasteiger partial charge in [0.1, 0.15) is 0 Å². The third kappa shape index (κ3) is 3.32. The second-order valence-electron chi connectivity index (χ2n) is 6.35. The van der Waals surface area contributed by atoms with Gasteiger partial charge < -0.3 is 9.88 Å². The van der Waals surface area contributed by atoms with Crippen LogP contribution in [0.5, 0.6) is 0 Å². The third-order valence-electron chi connectivity index (χ3n) is 4.51. The van der Waals surface area contributed by atoms with E-state index >= 15 is 0 Å². The van der Waals surface area contributed by atoms with Crippen molar-refractivity contribution in [1.29, 1.82) is 0 Å². The summed E-state index contributed by atoms with van der Waals surface area (Å²) in [5.74, 6) is 0.458. The number of anilines is 1. The van der Waals surface area contributed by atoms with Crippen LogP contribution >= 0.6 is 11.6 Å². The number of imidazole rings is 1. The molecule has 0 saturated heterocycles. The molecule has 7 heteroatoms. The summed E-state index contributed by atoms with van der Waals surface area (Å²) >= 11 is 6.08. The Morgan fingerprint density at radius 2 is 1.78 bits per heavy atom. The quantitative estimate of drug-likeness (QED) is 0.465. The molecule has 0 atom stereocenters. The van der Waals surface area contributed by atoms with Crippen molar-refractivity contribution in [3.63, 3.8) is 0 Å². The van der Waals surface area contributed by atoms with Crippen molar-refractivity contribution < 1.29 is 13.2 Å². The van der Waals surface area contributed by atoms with Crippen LogP contribution < -0.4 is 5.32 Å². The number of rotatable bonds is 3. The topological polar surface area (TPSA) is 29.9 Å². The Morgan fingerprint density at radius 3 is 2.52 bits per heavy atom. The Hall–Kier alpha value is -2.73. The number of benzene rings is 3. The van der Waals surface area contributed by atoms with Crippen LogP contribution in [0.4, 0.5) is 19.1 Å². The molecule has 4 rings (SSSR count). The molecule has 27 heavy (non-hydrogen) atoms. The van der Waals surface area contributed by atoms with Crippen LogP contribution in [0.2, 0.25) is 5.02 Å². The second-order valence-corrected chi connectivity index (χ2v) is 6.76. The molecule has 0 fully saturated rings. The first-order valence-corrected chi connectivity index (χ1v) is 8.65. The number of nitrogens with one attached hydrogen (secondary N) is 1. The van der Waals surface area contributed by atoms with Gasteiger partial charge in [-0.3, -0.25) is 0 Å². The molecular weight excluding hydrogens is 375 g/mol. The van der Waals surface area contributed by atoms with Gasteiger partial charge in [-0.15, -0.1) is 0 Å². The number of hydrogen-bond acceptors (Lipinski definition) is 2. The maximum absolute atomic E-state index is 13.0. The van der Waals surface area contributed by atoms with Crippen molar-refractivity contribution in [2.75, 3.05) is 5.32 Å². The maximum atomic E-state index is 13.0. The van der Waals surface area contributed by atoms with Gasteiger partial charge in [0.2, 0.25) is 5.95 Å². The van der Waals surface area contributed by atoms with Gasteiger partial charge in [0.05, 0.1) is 21.6 Å². The van der Waals surface area contributed by atoms with E-state index in [0.717, 1.165) is 28.5 Å². The monoisotopic (exact) mass is 389 g/mol. The fourth-order valence-electron chi connectivity index (χ4n) is 3.15. The van der Waals surface area contributed by atoms with E-state index < -0.39 is 11.7 Å². The van der Waals surface area contributed by atoms with Gasteiger partial charge in [-0.05, 0) is 34.5 Å². The van der Waals surface area contributed by atoms with Gasteiger partial charge >= 0.3 is 6.18 Å². The Morgan fingerprint density at radius 1 is 1.04 bits per heavy atom. The number of fused-ring (bicyclic) bond motifs is 2. The molecule has 0 radical (unpaired) electrons. The van der Waals surface area contributed by atoms with Crippen LogP contribution in [0.15, 0.2) is 54.6 Å². The number of hydrogen-bond donors (Lipinski definition) is 1. The summed E-state index contributed by atoms with van der Waals surface area (Å²) in [7, 11) is 1.72. The van der Waals surface area contributed by atoms with Crippen molar-refractivity contribution in [3.05, 3.63) is 70.7 Å². The smallest absolute Gasteiger partial charge is 0.352 e. The van der Waals surface area contributed by atoms with Crippen LogP contribution in [0.1, 0.15) is 11.1 Å². The minimum Gasteiger partial charge on any atom is -0.352 e. The van der Waals surface area contributed by atoms with Gasteiger partial charge in [-0.25, -0.2) is 4.98 Å². The largest absolute Gasteiger partial charge is 0.416 e. The zero-order valence-electron chi connectivity index (χ0n) is 14.3. The molecule has 0 amide bonds. The standard InChI is InChI=1S/C20H15ClF3N3/c1-27-18-16(21)9-15(20(22,23)24)10-17(18)26-19(27)25-11-12-6-7-13-4-2-3-5-14(13)8-12/h2-10H,11H2,1H3,(H,25,26). The van der Waals surface area contributed by atoms with E-state index in [0.29, 0.717) is 18.0 Å². The molecule has 0 saturated carbocycles. The van der Waals surface area contributed by atoms with E-state index in [2.05, 4.69) is 16.4 Å². The maximum Gasteiger partial charge on any atom is 0.416 e. The van der Waals surface area contributed by atoms with E-state index in [9.17, 15) is 13.2 Å². The molecule has 1 N–H and O–H groups in total. The number of aromatic nitrogens is 2. The van der Waals surface area contributed by atoms with Crippen LogP contribution in [-0.4, -0.2) is 9.55 Å². The van der Waals surface area contributed by atoms with Gasteiger partial charge in [-0.2, -0.15) is 13.2 Å². The summed E-state index contributed by atoms with van der Waals surface area (Å²) < 4.78 is 40.6. The van der Waals surface area contributed by atoms with Crippen LogP contribution in [-0.2, 0) is 19.8 Å². The van der Waals surface area contributed by atoms with Crippen molar-refractivity contribution in [3.8, 4) is 0 Å². The highest BCUT2D eigenvalue weighted by Crippen LogP contribution is 2.35. The van der Waals surface area contributed by atoms with Gasteiger partial charge in [0.15, 0.2) is 0 Å². The lowest BCUT2D eigenvalue weighted by molar-refractivity contribution is -0.137. The lowest BCUT2D eigenvalue weighted by Gasteiger charge is -2.09.